The van der Waals surface area contributed by atoms with E-state index in [0.717, 1.165) is 6.07 Å². The summed E-state index contributed by atoms with van der Waals surface area (Å²) in [5.41, 5.74) is -0.782. The Morgan fingerprint density at radius 2 is 1.67 bits per heavy atom. The predicted octanol–water partition coefficient (Wildman–Crippen LogP) is 6.47. The van der Waals surface area contributed by atoms with Gasteiger partial charge in [0.15, 0.2) is 23.3 Å². The highest BCUT2D eigenvalue weighted by Gasteiger charge is 2.35. The van der Waals surface area contributed by atoms with Crippen molar-refractivity contribution in [3.8, 4) is 11.1 Å². The van der Waals surface area contributed by atoms with Crippen molar-refractivity contribution in [2.75, 3.05) is 12.8 Å². The summed E-state index contributed by atoms with van der Waals surface area (Å²) in [6.45, 7) is -0.187. The number of halogens is 7. The quantitative estimate of drug-likeness (QED) is 0.124. The van der Waals surface area contributed by atoms with Gasteiger partial charge in [-0.25, -0.2) is 31.5 Å². The summed E-state index contributed by atoms with van der Waals surface area (Å²) >= 11 is 0. The second kappa shape index (κ2) is 10.7. The van der Waals surface area contributed by atoms with E-state index in [1.807, 2.05) is 0 Å². The predicted molar refractivity (Wildman–Crippen MR) is 144 cm³/mol. The van der Waals surface area contributed by atoms with Crippen LogP contribution in [0.2, 0.25) is 0 Å². The number of aryl methyl sites for hydroxylation is 1. The van der Waals surface area contributed by atoms with Crippen LogP contribution >= 0.6 is 0 Å². The summed E-state index contributed by atoms with van der Waals surface area (Å²) in [7, 11) is -2.51. The van der Waals surface area contributed by atoms with Crippen molar-refractivity contribution in [2.45, 2.75) is 23.9 Å². The van der Waals surface area contributed by atoms with Crippen LogP contribution in [0.5, 0.6) is 0 Å². The zero-order chi connectivity index (χ0) is 31.4. The Morgan fingerprint density at radius 3 is 2.30 bits per heavy atom. The number of hydrogen-bond acceptors (Lipinski definition) is 4. The lowest BCUT2D eigenvalue weighted by molar-refractivity contribution is -0.137. The smallest absolute Gasteiger partial charge is 0.351 e. The van der Waals surface area contributed by atoms with Crippen molar-refractivity contribution in [1.82, 2.24) is 19.3 Å². The molecule has 1 amide bonds. The van der Waals surface area contributed by atoms with Crippen molar-refractivity contribution < 1.29 is 39.7 Å². The lowest BCUT2D eigenvalue weighted by Gasteiger charge is -2.15. The number of aromatic nitrogens is 3. The van der Waals surface area contributed by atoms with E-state index < -0.39 is 67.5 Å². The van der Waals surface area contributed by atoms with Gasteiger partial charge in [-0.05, 0) is 48.7 Å². The molecule has 43 heavy (non-hydrogen) atoms. The van der Waals surface area contributed by atoms with E-state index in [2.05, 4.69) is 10.3 Å². The molecule has 0 aliphatic carbocycles. The van der Waals surface area contributed by atoms with Crippen LogP contribution in [-0.2, 0) is 29.4 Å². The first-order chi connectivity index (χ1) is 20.1. The number of imidazole rings is 1. The van der Waals surface area contributed by atoms with Crippen molar-refractivity contribution in [3.63, 3.8) is 0 Å². The van der Waals surface area contributed by atoms with Gasteiger partial charge in [-0.2, -0.15) is 13.2 Å². The Balaban J connectivity index is 1.39. The second-order valence-corrected chi connectivity index (χ2v) is 12.0. The Hall–Kier alpha value is -4.40. The van der Waals surface area contributed by atoms with Crippen LogP contribution in [0.1, 0.15) is 28.0 Å². The number of pyridine rings is 1. The number of nitrogens with one attached hydrogen (secondary N) is 2. The summed E-state index contributed by atoms with van der Waals surface area (Å²) in [4.78, 5) is 15.6. The van der Waals surface area contributed by atoms with Crippen molar-refractivity contribution in [1.29, 1.82) is 4.78 Å². The summed E-state index contributed by atoms with van der Waals surface area (Å²) in [5, 5.41) is 2.51. The first-order valence-electron chi connectivity index (χ1n) is 12.6. The molecule has 0 radical (unpaired) electrons. The number of hydrogen-bond donors (Lipinski definition) is 2. The average Bonchev–Trinajstić information content (AvgIpc) is 3.53. The van der Waals surface area contributed by atoms with E-state index in [0.29, 0.717) is 22.8 Å². The van der Waals surface area contributed by atoms with Gasteiger partial charge >= 0.3 is 6.18 Å². The van der Waals surface area contributed by atoms with E-state index in [4.69, 9.17) is 4.78 Å². The van der Waals surface area contributed by atoms with Crippen molar-refractivity contribution >= 4 is 32.2 Å². The highest BCUT2D eigenvalue weighted by molar-refractivity contribution is 7.91. The summed E-state index contributed by atoms with van der Waals surface area (Å²) in [5.74, 6) is -8.02. The van der Waals surface area contributed by atoms with E-state index in [9.17, 15) is 39.7 Å². The number of nitrogens with zero attached hydrogens (tertiary/aromatic N) is 3. The lowest BCUT2D eigenvalue weighted by atomic mass is 9.98. The minimum atomic E-state index is -4.68. The molecule has 2 N–H and O–H groups in total. The van der Waals surface area contributed by atoms with E-state index in [1.54, 1.807) is 7.05 Å². The summed E-state index contributed by atoms with van der Waals surface area (Å²) < 4.78 is 122. The molecular formula is C28H22F7N5O2S. The first kappa shape index (κ1) is 30.1. The molecule has 2 aromatic carbocycles. The van der Waals surface area contributed by atoms with E-state index in [1.165, 1.54) is 51.8 Å². The summed E-state index contributed by atoms with van der Waals surface area (Å²) in [6, 6.07) is 8.18. The normalized spacial score (nSPS) is 13.5. The van der Waals surface area contributed by atoms with Gasteiger partial charge < -0.3 is 14.3 Å². The zero-order valence-corrected chi connectivity index (χ0v) is 23.3. The number of benzene rings is 2. The third-order valence-electron chi connectivity index (χ3n) is 6.98. The highest BCUT2D eigenvalue weighted by Crippen LogP contribution is 2.41. The van der Waals surface area contributed by atoms with E-state index >= 15 is 0 Å². The molecule has 15 heteroatoms. The van der Waals surface area contributed by atoms with Gasteiger partial charge in [0.2, 0.25) is 0 Å². The Bertz CT molecular complexity index is 2000. The maximum Gasteiger partial charge on any atom is 0.417 e. The molecule has 0 fully saturated rings. The molecule has 0 saturated carbocycles. The molecule has 0 bridgehead atoms. The number of fused-ring (bicyclic) bond motifs is 2. The van der Waals surface area contributed by atoms with Gasteiger partial charge in [-0.3, -0.25) is 4.79 Å². The third kappa shape index (κ3) is 5.32. The second-order valence-electron chi connectivity index (χ2n) is 9.90. The molecule has 3 aromatic heterocycles. The number of carbonyl (C=O) groups is 1. The fraction of sp³-hybridized carbons (Fsp3) is 0.214. The topological polar surface area (TPSA) is 92.2 Å². The number of alkyl halides is 3. The SMILES string of the molecule is Cn1cnc2cc(-c3cccn4c(C(=O)NCCCc5c(F)c(F)c(S(C)(=N)=O)c(F)c5F)ccc34)c(C(F)(F)F)cc21. The Labute approximate surface area is 239 Å². The van der Waals surface area contributed by atoms with Crippen LogP contribution in [0.25, 0.3) is 27.7 Å². The van der Waals surface area contributed by atoms with E-state index in [-0.39, 0.29) is 29.8 Å². The molecule has 5 rings (SSSR count). The van der Waals surface area contributed by atoms with Crippen LogP contribution in [0.15, 0.2) is 53.8 Å². The van der Waals surface area contributed by atoms with Crippen molar-refractivity contribution in [2.24, 2.45) is 7.05 Å². The third-order valence-corrected chi connectivity index (χ3v) is 8.12. The largest absolute Gasteiger partial charge is 0.417 e. The minimum absolute atomic E-state index is 0.0521. The first-order valence-corrected chi connectivity index (χ1v) is 14.6. The van der Waals surface area contributed by atoms with Gasteiger partial charge in [0.25, 0.3) is 5.91 Å². The molecule has 1 unspecified atom stereocenters. The van der Waals surface area contributed by atoms with Gasteiger partial charge in [0.1, 0.15) is 10.6 Å². The van der Waals surface area contributed by atoms with Crippen LogP contribution in [-0.4, -0.2) is 36.9 Å². The van der Waals surface area contributed by atoms with Crippen LogP contribution in [0.4, 0.5) is 30.7 Å². The molecule has 226 valence electrons. The molecular weight excluding hydrogens is 603 g/mol. The molecule has 7 nitrogen and oxygen atoms in total. The van der Waals surface area contributed by atoms with Gasteiger partial charge in [0, 0.05) is 37.2 Å². The monoisotopic (exact) mass is 625 g/mol. The maximum absolute atomic E-state index is 14.4. The molecule has 0 aliphatic heterocycles. The lowest BCUT2D eigenvalue weighted by Crippen LogP contribution is -2.26. The highest BCUT2D eigenvalue weighted by atomic mass is 32.2. The molecule has 0 aliphatic rings. The minimum Gasteiger partial charge on any atom is -0.351 e. The fourth-order valence-corrected chi connectivity index (χ4v) is 5.82. The number of rotatable bonds is 7. The molecule has 0 saturated heterocycles. The number of carbonyl (C=O) groups excluding carboxylic acids is 1. The fourth-order valence-electron chi connectivity index (χ4n) is 4.96. The van der Waals surface area contributed by atoms with Crippen LogP contribution in [0, 0.1) is 28.0 Å². The average molecular weight is 626 g/mol. The Kier molecular flexibility index (Phi) is 7.48. The van der Waals surface area contributed by atoms with Gasteiger partial charge in [-0.15, -0.1) is 0 Å². The van der Waals surface area contributed by atoms with Crippen molar-refractivity contribution in [3.05, 3.63) is 89.0 Å². The molecule has 1 atom stereocenters. The Morgan fingerprint density at radius 1 is 1.00 bits per heavy atom. The van der Waals surface area contributed by atoms with Crippen LogP contribution < -0.4 is 5.32 Å². The standard InChI is InChI=1S/C28H22F7N5O2S/c1-39-13-38-18-11-16(17(12-21(18)39)28(33,34)35)14-6-4-10-40-19(14)7-8-20(40)27(41)37-9-3-5-15-22(29)24(31)26(43(2,36)42)25(32)23(15)30/h4,6-8,10-13,36H,3,5,9H2,1-2H3,(H,37,41). The summed E-state index contributed by atoms with van der Waals surface area (Å²) in [6.07, 6.45) is -1.87. The van der Waals surface area contributed by atoms with Gasteiger partial charge in [0.05, 0.1) is 38.2 Å². The maximum atomic E-state index is 14.4. The molecule has 3 heterocycles. The van der Waals surface area contributed by atoms with Crippen LogP contribution in [0.3, 0.4) is 0 Å². The molecule has 5 aromatic rings. The zero-order valence-electron chi connectivity index (χ0n) is 22.5. The van der Waals surface area contributed by atoms with Gasteiger partial charge in [-0.1, -0.05) is 6.07 Å². The number of amides is 1. The molecule has 0 spiro atoms.